The molecule has 1 atom stereocenters. The number of carbonyl (C=O) groups excluding carboxylic acids is 1. The minimum Gasteiger partial charge on any atom is -0.378 e. The molecule has 0 radical (unpaired) electrons. The lowest BCUT2D eigenvalue weighted by Gasteiger charge is -2.19. The van der Waals surface area contributed by atoms with Crippen molar-refractivity contribution >= 4 is 6.29 Å². The van der Waals surface area contributed by atoms with Gasteiger partial charge in [0.1, 0.15) is 5.60 Å². The summed E-state index contributed by atoms with van der Waals surface area (Å²) in [6.07, 6.45) is 0.989. The Kier molecular flexibility index (Phi) is 2.61. The SMILES string of the molecule is CC[C@@](O)(C=O)c1ccccc1. The van der Waals surface area contributed by atoms with E-state index in [1.54, 1.807) is 31.2 Å². The summed E-state index contributed by atoms with van der Waals surface area (Å²) in [7, 11) is 0. The molecule has 1 N–H and O–H groups in total. The van der Waals surface area contributed by atoms with Crippen LogP contribution in [0.2, 0.25) is 0 Å². The van der Waals surface area contributed by atoms with Gasteiger partial charge in [-0.2, -0.15) is 0 Å². The van der Waals surface area contributed by atoms with Gasteiger partial charge in [-0.05, 0) is 12.0 Å². The van der Waals surface area contributed by atoms with E-state index in [2.05, 4.69) is 0 Å². The van der Waals surface area contributed by atoms with E-state index in [-0.39, 0.29) is 0 Å². The maximum atomic E-state index is 10.6. The molecule has 1 aromatic carbocycles. The number of hydrogen-bond acceptors (Lipinski definition) is 2. The van der Waals surface area contributed by atoms with Gasteiger partial charge in [0.25, 0.3) is 0 Å². The lowest BCUT2D eigenvalue weighted by Crippen LogP contribution is -2.26. The molecule has 0 aliphatic heterocycles. The third-order valence-corrected chi connectivity index (χ3v) is 2.01. The highest BCUT2D eigenvalue weighted by Gasteiger charge is 2.25. The van der Waals surface area contributed by atoms with Crippen LogP contribution in [0.25, 0.3) is 0 Å². The van der Waals surface area contributed by atoms with Crippen molar-refractivity contribution in [3.63, 3.8) is 0 Å². The molecule has 0 amide bonds. The molecule has 2 nitrogen and oxygen atoms in total. The standard InChI is InChI=1S/C10H12O2/c1-2-10(12,8-11)9-6-4-3-5-7-9/h3-8,12H,2H2,1H3/t10-/m1/s1. The quantitative estimate of drug-likeness (QED) is 0.687. The summed E-state index contributed by atoms with van der Waals surface area (Å²) in [6, 6.07) is 8.96. The number of rotatable bonds is 3. The van der Waals surface area contributed by atoms with Gasteiger partial charge in [0.05, 0.1) is 0 Å². The van der Waals surface area contributed by atoms with Crippen LogP contribution in [-0.2, 0) is 10.4 Å². The molecule has 12 heavy (non-hydrogen) atoms. The maximum Gasteiger partial charge on any atom is 0.156 e. The van der Waals surface area contributed by atoms with Gasteiger partial charge in [-0.3, -0.25) is 4.79 Å². The summed E-state index contributed by atoms with van der Waals surface area (Å²) in [6.45, 7) is 1.78. The van der Waals surface area contributed by atoms with Crippen LogP contribution in [0.15, 0.2) is 30.3 Å². The number of carbonyl (C=O) groups is 1. The van der Waals surface area contributed by atoms with Crippen LogP contribution in [0.5, 0.6) is 0 Å². The summed E-state index contributed by atoms with van der Waals surface area (Å²) in [4.78, 5) is 10.6. The highest BCUT2D eigenvalue weighted by Crippen LogP contribution is 2.21. The summed E-state index contributed by atoms with van der Waals surface area (Å²) >= 11 is 0. The number of aliphatic hydroxyl groups is 1. The fourth-order valence-corrected chi connectivity index (χ4v) is 1.08. The Bertz CT molecular complexity index is 256. The molecular formula is C10H12O2. The first-order valence-electron chi connectivity index (χ1n) is 3.97. The summed E-state index contributed by atoms with van der Waals surface area (Å²) in [5, 5.41) is 9.73. The van der Waals surface area contributed by atoms with Crippen molar-refractivity contribution in [2.24, 2.45) is 0 Å². The highest BCUT2D eigenvalue weighted by atomic mass is 16.3. The molecule has 0 heterocycles. The molecule has 0 aliphatic carbocycles. The van der Waals surface area contributed by atoms with E-state index < -0.39 is 5.60 Å². The zero-order chi connectivity index (χ0) is 9.03. The largest absolute Gasteiger partial charge is 0.378 e. The van der Waals surface area contributed by atoms with E-state index in [1.807, 2.05) is 6.07 Å². The molecule has 0 saturated carbocycles. The van der Waals surface area contributed by atoms with E-state index in [0.717, 1.165) is 0 Å². The van der Waals surface area contributed by atoms with Gasteiger partial charge < -0.3 is 5.11 Å². The topological polar surface area (TPSA) is 37.3 Å². The van der Waals surface area contributed by atoms with Crippen LogP contribution in [0.3, 0.4) is 0 Å². The third kappa shape index (κ3) is 1.53. The van der Waals surface area contributed by atoms with Crippen molar-refractivity contribution in [3.8, 4) is 0 Å². The van der Waals surface area contributed by atoms with E-state index in [1.165, 1.54) is 0 Å². The smallest absolute Gasteiger partial charge is 0.156 e. The maximum absolute atomic E-state index is 10.6. The van der Waals surface area contributed by atoms with Crippen LogP contribution in [-0.4, -0.2) is 11.4 Å². The van der Waals surface area contributed by atoms with Crippen molar-refractivity contribution in [2.45, 2.75) is 18.9 Å². The molecule has 0 aliphatic rings. The van der Waals surface area contributed by atoms with Gasteiger partial charge in [0, 0.05) is 0 Å². The molecule has 0 aromatic heterocycles. The Hall–Kier alpha value is -1.15. The van der Waals surface area contributed by atoms with Crippen LogP contribution >= 0.6 is 0 Å². The first-order chi connectivity index (χ1) is 5.73. The average Bonchev–Trinajstić information content (AvgIpc) is 2.18. The molecule has 1 rings (SSSR count). The van der Waals surface area contributed by atoms with Crippen LogP contribution < -0.4 is 0 Å². The number of benzene rings is 1. The predicted octanol–water partition coefficient (Wildman–Crippen LogP) is 1.48. The second-order valence-corrected chi connectivity index (χ2v) is 2.76. The zero-order valence-electron chi connectivity index (χ0n) is 7.03. The number of hydrogen-bond donors (Lipinski definition) is 1. The van der Waals surface area contributed by atoms with Gasteiger partial charge in [0.2, 0.25) is 0 Å². The van der Waals surface area contributed by atoms with E-state index in [9.17, 15) is 9.90 Å². The molecule has 0 bridgehead atoms. The normalized spacial score (nSPS) is 15.2. The summed E-state index contributed by atoms with van der Waals surface area (Å²) < 4.78 is 0. The molecule has 1 aromatic rings. The lowest BCUT2D eigenvalue weighted by molar-refractivity contribution is -0.125. The van der Waals surface area contributed by atoms with E-state index in [0.29, 0.717) is 18.3 Å². The van der Waals surface area contributed by atoms with Crippen molar-refractivity contribution in [1.82, 2.24) is 0 Å². The second kappa shape index (κ2) is 3.50. The van der Waals surface area contributed by atoms with Gasteiger partial charge in [0.15, 0.2) is 6.29 Å². The Labute approximate surface area is 71.8 Å². The molecule has 0 unspecified atom stereocenters. The van der Waals surface area contributed by atoms with Crippen LogP contribution in [0.4, 0.5) is 0 Å². The molecule has 0 spiro atoms. The molecule has 64 valence electrons. The first kappa shape index (κ1) is 8.94. The Morgan fingerprint density at radius 1 is 1.42 bits per heavy atom. The zero-order valence-corrected chi connectivity index (χ0v) is 7.03. The number of aldehydes is 1. The summed E-state index contributed by atoms with van der Waals surface area (Å²) in [5.41, 5.74) is -0.649. The molecular weight excluding hydrogens is 152 g/mol. The highest BCUT2D eigenvalue weighted by molar-refractivity contribution is 5.65. The third-order valence-electron chi connectivity index (χ3n) is 2.01. The van der Waals surface area contributed by atoms with Crippen molar-refractivity contribution in [2.75, 3.05) is 0 Å². The van der Waals surface area contributed by atoms with Crippen LogP contribution in [0.1, 0.15) is 18.9 Å². The average molecular weight is 164 g/mol. The van der Waals surface area contributed by atoms with Gasteiger partial charge in [-0.15, -0.1) is 0 Å². The van der Waals surface area contributed by atoms with E-state index in [4.69, 9.17) is 0 Å². The van der Waals surface area contributed by atoms with Crippen molar-refractivity contribution in [1.29, 1.82) is 0 Å². The minimum absolute atomic E-state index is 0.403. The predicted molar refractivity (Wildman–Crippen MR) is 46.7 cm³/mol. The minimum atomic E-state index is -1.30. The van der Waals surface area contributed by atoms with E-state index >= 15 is 0 Å². The monoisotopic (exact) mass is 164 g/mol. The fraction of sp³-hybridized carbons (Fsp3) is 0.300. The first-order valence-corrected chi connectivity index (χ1v) is 3.97. The van der Waals surface area contributed by atoms with Crippen molar-refractivity contribution in [3.05, 3.63) is 35.9 Å². The van der Waals surface area contributed by atoms with Gasteiger partial charge >= 0.3 is 0 Å². The Balaban J connectivity index is 3.03. The molecule has 2 heteroatoms. The fourth-order valence-electron chi connectivity index (χ4n) is 1.08. The summed E-state index contributed by atoms with van der Waals surface area (Å²) in [5.74, 6) is 0. The molecule has 0 fully saturated rings. The Morgan fingerprint density at radius 2 is 2.00 bits per heavy atom. The van der Waals surface area contributed by atoms with Gasteiger partial charge in [-0.1, -0.05) is 37.3 Å². The Morgan fingerprint density at radius 3 is 2.42 bits per heavy atom. The molecule has 0 saturated heterocycles. The second-order valence-electron chi connectivity index (χ2n) is 2.76. The van der Waals surface area contributed by atoms with Gasteiger partial charge in [-0.25, -0.2) is 0 Å². The van der Waals surface area contributed by atoms with Crippen molar-refractivity contribution < 1.29 is 9.90 Å². The van der Waals surface area contributed by atoms with Crippen LogP contribution in [0, 0.1) is 0 Å². The lowest BCUT2D eigenvalue weighted by atomic mass is 9.93.